The van der Waals surface area contributed by atoms with Crippen LogP contribution < -0.4 is 0 Å². The average Bonchev–Trinajstić information content (AvgIpc) is 2.26. The molecule has 1 aromatic heterocycles. The van der Waals surface area contributed by atoms with Crippen molar-refractivity contribution in [2.24, 2.45) is 0 Å². The molecule has 88 valence electrons. The van der Waals surface area contributed by atoms with Gasteiger partial charge in [0.25, 0.3) is 6.43 Å². The van der Waals surface area contributed by atoms with Crippen molar-refractivity contribution in [1.82, 2.24) is 4.98 Å². The maximum absolute atomic E-state index is 13.5. The normalized spacial score (nSPS) is 10.6. The molecule has 3 nitrogen and oxygen atoms in total. The number of rotatable bonds is 3. The average molecular weight is 298 g/mol. The van der Waals surface area contributed by atoms with E-state index in [0.717, 1.165) is 13.3 Å². The van der Waals surface area contributed by atoms with E-state index >= 15 is 0 Å². The summed E-state index contributed by atoms with van der Waals surface area (Å²) in [7, 11) is 1.02. The number of alkyl halides is 3. The number of carbonyl (C=O) groups excluding carboxylic acids is 1. The van der Waals surface area contributed by atoms with Crippen LogP contribution in [0.5, 0.6) is 0 Å². The van der Waals surface area contributed by atoms with Crippen molar-refractivity contribution in [1.29, 1.82) is 0 Å². The van der Waals surface area contributed by atoms with E-state index in [1.807, 2.05) is 0 Å². The lowest BCUT2D eigenvalue weighted by atomic mass is 10.1. The Hall–Kier alpha value is -1.11. The van der Waals surface area contributed by atoms with Crippen molar-refractivity contribution in [3.63, 3.8) is 0 Å². The standard InChI is InChI=1S/C9H7BrF3NO2/c1-16-9(15)7-6(11)5(8(12)13)4(2-10)3-14-7/h3,8H,2H2,1H3. The molecule has 0 saturated carbocycles. The van der Waals surface area contributed by atoms with Gasteiger partial charge in [-0.15, -0.1) is 0 Å². The highest BCUT2D eigenvalue weighted by Crippen LogP contribution is 2.28. The lowest BCUT2D eigenvalue weighted by Crippen LogP contribution is -2.11. The van der Waals surface area contributed by atoms with Crippen molar-refractivity contribution in [3.8, 4) is 0 Å². The highest BCUT2D eigenvalue weighted by Gasteiger charge is 2.25. The Balaban J connectivity index is 3.37. The largest absolute Gasteiger partial charge is 0.464 e. The van der Waals surface area contributed by atoms with Crippen LogP contribution in [0.1, 0.15) is 28.0 Å². The van der Waals surface area contributed by atoms with E-state index in [1.165, 1.54) is 0 Å². The van der Waals surface area contributed by atoms with Gasteiger partial charge in [-0.05, 0) is 5.56 Å². The first kappa shape index (κ1) is 13.0. The molecular weight excluding hydrogens is 291 g/mol. The van der Waals surface area contributed by atoms with E-state index < -0.39 is 29.5 Å². The molecule has 16 heavy (non-hydrogen) atoms. The van der Waals surface area contributed by atoms with Gasteiger partial charge in [-0.3, -0.25) is 0 Å². The molecule has 0 aliphatic carbocycles. The molecule has 0 spiro atoms. The third kappa shape index (κ3) is 2.34. The molecule has 0 amide bonds. The van der Waals surface area contributed by atoms with Crippen LogP contribution in [0.25, 0.3) is 0 Å². The Labute approximate surface area is 97.8 Å². The number of esters is 1. The lowest BCUT2D eigenvalue weighted by Gasteiger charge is -2.09. The second kappa shape index (κ2) is 5.29. The molecule has 0 aliphatic heterocycles. The summed E-state index contributed by atoms with van der Waals surface area (Å²) >= 11 is 2.93. The number of carbonyl (C=O) groups is 1. The molecule has 0 bridgehead atoms. The molecule has 0 aliphatic rings. The number of aromatic nitrogens is 1. The quantitative estimate of drug-likeness (QED) is 0.636. The minimum Gasteiger partial charge on any atom is -0.464 e. The van der Waals surface area contributed by atoms with Gasteiger partial charge in [0.05, 0.1) is 12.7 Å². The second-order valence-electron chi connectivity index (χ2n) is 2.79. The summed E-state index contributed by atoms with van der Waals surface area (Å²) in [6, 6.07) is 0. The molecule has 1 heterocycles. The highest BCUT2D eigenvalue weighted by molar-refractivity contribution is 9.08. The zero-order valence-electron chi connectivity index (χ0n) is 8.14. The molecule has 1 aromatic rings. The van der Waals surface area contributed by atoms with Gasteiger partial charge in [0, 0.05) is 11.5 Å². The number of ether oxygens (including phenoxy) is 1. The van der Waals surface area contributed by atoms with Gasteiger partial charge < -0.3 is 4.74 Å². The predicted octanol–water partition coefficient (Wildman–Crippen LogP) is 2.84. The zero-order chi connectivity index (χ0) is 12.3. The van der Waals surface area contributed by atoms with Gasteiger partial charge in [0.15, 0.2) is 11.5 Å². The van der Waals surface area contributed by atoms with Gasteiger partial charge in [0.1, 0.15) is 0 Å². The van der Waals surface area contributed by atoms with Gasteiger partial charge in [-0.25, -0.2) is 22.9 Å². The molecule has 0 atom stereocenters. The maximum Gasteiger partial charge on any atom is 0.359 e. The third-order valence-corrected chi connectivity index (χ3v) is 2.48. The van der Waals surface area contributed by atoms with Gasteiger partial charge in [-0.1, -0.05) is 15.9 Å². The fourth-order valence-electron chi connectivity index (χ4n) is 1.12. The first-order valence-electron chi connectivity index (χ1n) is 4.12. The number of hydrogen-bond donors (Lipinski definition) is 0. The summed E-state index contributed by atoms with van der Waals surface area (Å²) in [4.78, 5) is 14.5. The Morgan fingerprint density at radius 3 is 2.69 bits per heavy atom. The zero-order valence-corrected chi connectivity index (χ0v) is 9.72. The van der Waals surface area contributed by atoms with Crippen LogP contribution in [0.3, 0.4) is 0 Å². The van der Waals surface area contributed by atoms with Crippen molar-refractivity contribution < 1.29 is 22.7 Å². The number of halogens is 4. The Kier molecular flexibility index (Phi) is 4.28. The molecule has 0 N–H and O–H groups in total. The third-order valence-electron chi connectivity index (χ3n) is 1.88. The van der Waals surface area contributed by atoms with Crippen LogP contribution >= 0.6 is 15.9 Å². The molecule has 0 saturated heterocycles. The molecule has 0 radical (unpaired) electrons. The molecule has 7 heteroatoms. The second-order valence-corrected chi connectivity index (χ2v) is 3.35. The van der Waals surface area contributed by atoms with Crippen LogP contribution in [0.15, 0.2) is 6.20 Å². The first-order chi connectivity index (χ1) is 7.52. The van der Waals surface area contributed by atoms with Gasteiger partial charge in [-0.2, -0.15) is 0 Å². The number of methoxy groups -OCH3 is 1. The Morgan fingerprint density at radius 1 is 1.62 bits per heavy atom. The monoisotopic (exact) mass is 297 g/mol. The Morgan fingerprint density at radius 2 is 2.25 bits per heavy atom. The van der Waals surface area contributed by atoms with E-state index in [-0.39, 0.29) is 10.9 Å². The summed E-state index contributed by atoms with van der Waals surface area (Å²) in [5, 5.41) is 0.0258. The number of nitrogens with zero attached hydrogens (tertiary/aromatic N) is 1. The summed E-state index contributed by atoms with van der Waals surface area (Å²) in [5.74, 6) is -2.42. The van der Waals surface area contributed by atoms with Crippen LogP contribution in [0.2, 0.25) is 0 Å². The van der Waals surface area contributed by atoms with E-state index in [2.05, 4.69) is 25.7 Å². The van der Waals surface area contributed by atoms with E-state index in [1.54, 1.807) is 0 Å². The first-order valence-corrected chi connectivity index (χ1v) is 5.24. The van der Waals surface area contributed by atoms with E-state index in [0.29, 0.717) is 0 Å². The smallest absolute Gasteiger partial charge is 0.359 e. The van der Waals surface area contributed by atoms with Crippen LogP contribution in [0, 0.1) is 5.82 Å². The van der Waals surface area contributed by atoms with Crippen LogP contribution in [0.4, 0.5) is 13.2 Å². The number of pyridine rings is 1. The van der Waals surface area contributed by atoms with Crippen molar-refractivity contribution >= 4 is 21.9 Å². The summed E-state index contributed by atoms with van der Waals surface area (Å²) in [5.41, 5.74) is -1.56. The van der Waals surface area contributed by atoms with Crippen molar-refractivity contribution in [2.45, 2.75) is 11.8 Å². The topological polar surface area (TPSA) is 39.2 Å². The fourth-order valence-corrected chi connectivity index (χ4v) is 1.57. The molecule has 0 aromatic carbocycles. The molecule has 0 fully saturated rings. The van der Waals surface area contributed by atoms with Crippen LogP contribution in [-0.2, 0) is 10.1 Å². The highest BCUT2D eigenvalue weighted by atomic mass is 79.9. The summed E-state index contributed by atoms with van der Waals surface area (Å²) in [6.07, 6.45) is -2.00. The van der Waals surface area contributed by atoms with E-state index in [9.17, 15) is 18.0 Å². The van der Waals surface area contributed by atoms with Gasteiger partial charge >= 0.3 is 5.97 Å². The minimum absolute atomic E-state index is 0.000142. The molecular formula is C9H7BrF3NO2. The number of hydrogen-bond acceptors (Lipinski definition) is 3. The lowest BCUT2D eigenvalue weighted by molar-refractivity contribution is 0.0586. The summed E-state index contributed by atoms with van der Waals surface area (Å²) < 4.78 is 42.9. The fraction of sp³-hybridized carbons (Fsp3) is 0.333. The maximum atomic E-state index is 13.5. The predicted molar refractivity (Wildman–Crippen MR) is 53.1 cm³/mol. The van der Waals surface area contributed by atoms with Gasteiger partial charge in [0.2, 0.25) is 0 Å². The van der Waals surface area contributed by atoms with Crippen molar-refractivity contribution in [3.05, 3.63) is 28.8 Å². The Bertz CT molecular complexity index is 412. The van der Waals surface area contributed by atoms with Crippen molar-refractivity contribution in [2.75, 3.05) is 7.11 Å². The molecule has 0 unspecified atom stereocenters. The SMILES string of the molecule is COC(=O)c1ncc(CBr)c(C(F)F)c1F. The van der Waals surface area contributed by atoms with E-state index in [4.69, 9.17) is 0 Å². The van der Waals surface area contributed by atoms with Crippen LogP contribution in [-0.4, -0.2) is 18.1 Å². The molecule has 1 rings (SSSR count). The summed E-state index contributed by atoms with van der Waals surface area (Å²) in [6.45, 7) is 0. The minimum atomic E-state index is -3.01.